The van der Waals surface area contributed by atoms with Crippen molar-refractivity contribution >= 4 is 29.0 Å². The predicted molar refractivity (Wildman–Crippen MR) is 143 cm³/mol. The monoisotopic (exact) mass is 519 g/mol. The van der Waals surface area contributed by atoms with Gasteiger partial charge in [0.15, 0.2) is 17.3 Å². The number of primary amides is 1. The molecule has 0 bridgehead atoms. The number of amides is 1. The van der Waals surface area contributed by atoms with Crippen molar-refractivity contribution in [2.45, 2.75) is 70.9 Å². The van der Waals surface area contributed by atoms with E-state index in [0.717, 1.165) is 37.8 Å². The second kappa shape index (κ2) is 10.5. The lowest BCUT2D eigenvalue weighted by Crippen LogP contribution is -2.44. The number of benzene rings is 1. The van der Waals surface area contributed by atoms with Crippen molar-refractivity contribution in [1.82, 2.24) is 19.7 Å². The summed E-state index contributed by atoms with van der Waals surface area (Å²) in [5.41, 5.74) is 7.41. The van der Waals surface area contributed by atoms with Gasteiger partial charge in [0.2, 0.25) is 0 Å². The van der Waals surface area contributed by atoms with Crippen molar-refractivity contribution in [2.24, 2.45) is 11.7 Å². The molecule has 1 aromatic carbocycles. The molecule has 0 radical (unpaired) electrons. The van der Waals surface area contributed by atoms with Gasteiger partial charge in [-0.2, -0.15) is 5.10 Å². The van der Waals surface area contributed by atoms with Gasteiger partial charge in [-0.25, -0.2) is 14.4 Å². The first-order valence-corrected chi connectivity index (χ1v) is 13.3. The van der Waals surface area contributed by atoms with E-state index in [4.69, 9.17) is 10.7 Å². The lowest BCUT2D eigenvalue weighted by molar-refractivity contribution is 0.0940. The number of hydrogen-bond donors (Lipinski definition) is 2. The highest BCUT2D eigenvalue weighted by Crippen LogP contribution is 2.40. The van der Waals surface area contributed by atoms with Crippen LogP contribution in [0.3, 0.4) is 0 Å². The van der Waals surface area contributed by atoms with Crippen molar-refractivity contribution in [3.05, 3.63) is 59.4 Å². The van der Waals surface area contributed by atoms with Crippen molar-refractivity contribution in [3.63, 3.8) is 0 Å². The van der Waals surface area contributed by atoms with Gasteiger partial charge in [-0.15, -0.1) is 0 Å². The molecule has 0 unspecified atom stereocenters. The average molecular weight is 520 g/mol. The molecule has 1 saturated carbocycles. The molecule has 2 aliphatic rings. The van der Waals surface area contributed by atoms with Crippen LogP contribution in [0.1, 0.15) is 91.2 Å². The third-order valence-electron chi connectivity index (χ3n) is 7.62. The zero-order valence-corrected chi connectivity index (χ0v) is 22.0. The SMILES string of the molecule is CC(C)n1cc(Nc2nc(N3CCC[C@@H](CC(=O)c4ccc(C5CC5)cc4F)[C@H]3C)cnc2C(N)=O)cn1. The van der Waals surface area contributed by atoms with E-state index in [1.165, 1.54) is 6.07 Å². The summed E-state index contributed by atoms with van der Waals surface area (Å²) in [4.78, 5) is 36.3. The number of piperidine rings is 1. The highest BCUT2D eigenvalue weighted by atomic mass is 19.1. The summed E-state index contributed by atoms with van der Waals surface area (Å²) in [6.07, 6.45) is 9.16. The summed E-state index contributed by atoms with van der Waals surface area (Å²) < 4.78 is 16.5. The van der Waals surface area contributed by atoms with E-state index >= 15 is 0 Å². The second-order valence-electron chi connectivity index (χ2n) is 10.7. The molecule has 38 heavy (non-hydrogen) atoms. The molecular weight excluding hydrogens is 485 g/mol. The fraction of sp³-hybridized carbons (Fsp3) is 0.464. The normalized spacial score (nSPS) is 19.6. The van der Waals surface area contributed by atoms with Crippen LogP contribution in [-0.4, -0.2) is 44.0 Å². The summed E-state index contributed by atoms with van der Waals surface area (Å²) in [7, 11) is 0. The molecule has 1 amide bonds. The fourth-order valence-corrected chi connectivity index (χ4v) is 5.20. The van der Waals surface area contributed by atoms with Crippen LogP contribution in [0.25, 0.3) is 0 Å². The number of nitrogens with zero attached hydrogens (tertiary/aromatic N) is 5. The minimum atomic E-state index is -0.687. The molecule has 2 aromatic heterocycles. The molecule has 1 saturated heterocycles. The van der Waals surface area contributed by atoms with Crippen LogP contribution in [0.15, 0.2) is 36.8 Å². The van der Waals surface area contributed by atoms with Gasteiger partial charge >= 0.3 is 0 Å². The molecule has 10 heteroatoms. The van der Waals surface area contributed by atoms with E-state index in [9.17, 15) is 14.0 Å². The van der Waals surface area contributed by atoms with Crippen LogP contribution in [0.2, 0.25) is 0 Å². The van der Waals surface area contributed by atoms with Crippen molar-refractivity contribution in [2.75, 3.05) is 16.8 Å². The van der Waals surface area contributed by atoms with Crippen molar-refractivity contribution < 1.29 is 14.0 Å². The van der Waals surface area contributed by atoms with Gasteiger partial charge in [0, 0.05) is 31.2 Å². The van der Waals surface area contributed by atoms with Crippen LogP contribution in [-0.2, 0) is 0 Å². The first-order chi connectivity index (χ1) is 18.2. The Morgan fingerprint density at radius 3 is 2.66 bits per heavy atom. The summed E-state index contributed by atoms with van der Waals surface area (Å²) in [6.45, 7) is 6.81. The first-order valence-electron chi connectivity index (χ1n) is 13.3. The van der Waals surface area contributed by atoms with Gasteiger partial charge in [-0.05, 0) is 76.0 Å². The maximum Gasteiger partial charge on any atom is 0.271 e. The van der Waals surface area contributed by atoms with E-state index in [-0.39, 0.29) is 47.3 Å². The van der Waals surface area contributed by atoms with Gasteiger partial charge in [0.25, 0.3) is 5.91 Å². The Bertz CT molecular complexity index is 1350. The molecule has 3 N–H and O–H groups in total. The lowest BCUT2D eigenvalue weighted by atomic mass is 9.84. The summed E-state index contributed by atoms with van der Waals surface area (Å²) in [6, 6.07) is 5.20. The Balaban J connectivity index is 1.33. The molecule has 1 aliphatic carbocycles. The summed E-state index contributed by atoms with van der Waals surface area (Å²) >= 11 is 0. The summed E-state index contributed by atoms with van der Waals surface area (Å²) in [5, 5.41) is 7.45. The van der Waals surface area contributed by atoms with Gasteiger partial charge in [0.1, 0.15) is 11.6 Å². The Morgan fingerprint density at radius 2 is 2.00 bits per heavy atom. The Morgan fingerprint density at radius 1 is 1.21 bits per heavy atom. The van der Waals surface area contributed by atoms with Crippen LogP contribution >= 0.6 is 0 Å². The molecule has 200 valence electrons. The lowest BCUT2D eigenvalue weighted by Gasteiger charge is -2.40. The van der Waals surface area contributed by atoms with E-state index < -0.39 is 11.7 Å². The number of halogens is 1. The highest BCUT2D eigenvalue weighted by Gasteiger charge is 2.32. The topological polar surface area (TPSA) is 119 Å². The number of nitrogens with two attached hydrogens (primary N) is 1. The summed E-state index contributed by atoms with van der Waals surface area (Å²) in [5.74, 6) is 0.00502. The van der Waals surface area contributed by atoms with E-state index in [2.05, 4.69) is 20.3 Å². The van der Waals surface area contributed by atoms with Crippen LogP contribution < -0.4 is 16.0 Å². The standard InChI is InChI=1S/C28H34FN7O2/c1-16(2)36-15-21(13-32-36)33-28-26(27(30)38)31-14-25(34-28)35-10-4-5-19(17(35)3)12-24(37)22-9-8-20(11-23(22)29)18-6-7-18/h8-9,11,13-19H,4-7,10,12H2,1-3H3,(H2,30,38)(H,33,34)/t17-,19+/m1/s1. The number of aromatic nitrogens is 4. The highest BCUT2D eigenvalue weighted by molar-refractivity contribution is 5.97. The number of Topliss-reactive ketones (excluding diaryl/α,β-unsaturated/α-hetero) is 1. The zero-order chi connectivity index (χ0) is 27.0. The van der Waals surface area contributed by atoms with Gasteiger partial charge in [-0.3, -0.25) is 14.3 Å². The van der Waals surface area contributed by atoms with Gasteiger partial charge in [0.05, 0.1) is 23.6 Å². The molecular formula is C28H34FN7O2. The number of carbonyl (C=O) groups is 2. The Kier molecular flexibility index (Phi) is 7.14. The smallest absolute Gasteiger partial charge is 0.271 e. The number of rotatable bonds is 9. The predicted octanol–water partition coefficient (Wildman–Crippen LogP) is 4.99. The molecule has 2 atom stereocenters. The number of hydrogen-bond acceptors (Lipinski definition) is 7. The number of nitrogens with one attached hydrogen (secondary N) is 1. The molecule has 2 fully saturated rings. The Hall–Kier alpha value is -3.82. The minimum Gasteiger partial charge on any atom is -0.364 e. The number of anilines is 3. The van der Waals surface area contributed by atoms with E-state index in [0.29, 0.717) is 17.4 Å². The fourth-order valence-electron chi connectivity index (χ4n) is 5.20. The molecule has 3 heterocycles. The third-order valence-corrected chi connectivity index (χ3v) is 7.62. The van der Waals surface area contributed by atoms with Crippen LogP contribution in [0.4, 0.5) is 21.7 Å². The average Bonchev–Trinajstić information content (AvgIpc) is 3.63. The molecule has 9 nitrogen and oxygen atoms in total. The minimum absolute atomic E-state index is 0.0251. The van der Waals surface area contributed by atoms with E-state index in [1.54, 1.807) is 23.1 Å². The quantitative estimate of drug-likeness (QED) is 0.382. The zero-order valence-electron chi connectivity index (χ0n) is 22.0. The van der Waals surface area contributed by atoms with Crippen LogP contribution in [0, 0.1) is 11.7 Å². The maximum atomic E-state index is 14.8. The third kappa shape index (κ3) is 5.39. The molecule has 5 rings (SSSR count). The van der Waals surface area contributed by atoms with Crippen LogP contribution in [0.5, 0.6) is 0 Å². The van der Waals surface area contributed by atoms with Crippen molar-refractivity contribution in [1.29, 1.82) is 0 Å². The largest absolute Gasteiger partial charge is 0.364 e. The first kappa shape index (κ1) is 25.8. The number of ketones is 1. The molecule has 3 aromatic rings. The Labute approximate surface area is 221 Å². The molecule has 1 aliphatic heterocycles. The second-order valence-corrected chi connectivity index (χ2v) is 10.7. The van der Waals surface area contributed by atoms with Gasteiger partial charge in [-0.1, -0.05) is 6.07 Å². The molecule has 0 spiro atoms. The number of carbonyl (C=O) groups excluding carboxylic acids is 2. The van der Waals surface area contributed by atoms with E-state index in [1.807, 2.05) is 33.0 Å². The van der Waals surface area contributed by atoms with Gasteiger partial charge < -0.3 is 16.0 Å². The maximum absolute atomic E-state index is 14.8. The van der Waals surface area contributed by atoms with Crippen molar-refractivity contribution in [3.8, 4) is 0 Å².